The number of hydrogen-bond acceptors (Lipinski definition) is 2. The van der Waals surface area contributed by atoms with Gasteiger partial charge < -0.3 is 10.4 Å². The number of rotatable bonds is 5. The lowest BCUT2D eigenvalue weighted by Crippen LogP contribution is -2.34. The lowest BCUT2D eigenvalue weighted by atomic mass is 10.0. The second-order valence-electron chi connectivity index (χ2n) is 4.85. The number of nitrogens with one attached hydrogen (secondary N) is 1. The van der Waals surface area contributed by atoms with Crippen LogP contribution in [0.2, 0.25) is 5.02 Å². The van der Waals surface area contributed by atoms with Crippen molar-refractivity contribution in [2.75, 3.05) is 0 Å². The fraction of sp³-hybridized carbons (Fsp3) is 0.333. The summed E-state index contributed by atoms with van der Waals surface area (Å²) in [6.07, 6.45) is 5.23. The van der Waals surface area contributed by atoms with Crippen molar-refractivity contribution < 1.29 is 14.7 Å². The molecule has 1 amide bonds. The molecule has 1 aromatic carbocycles. The zero-order valence-electron chi connectivity index (χ0n) is 10.9. The number of allylic oxidation sites excluding steroid dienone is 2. The van der Waals surface area contributed by atoms with Gasteiger partial charge in [0.15, 0.2) is 0 Å². The average Bonchev–Trinajstić information content (AvgIpc) is 2.92. The Labute approximate surface area is 122 Å². The summed E-state index contributed by atoms with van der Waals surface area (Å²) in [7, 11) is 0. The van der Waals surface area contributed by atoms with Gasteiger partial charge in [-0.1, -0.05) is 35.9 Å². The van der Waals surface area contributed by atoms with E-state index in [2.05, 4.69) is 5.32 Å². The van der Waals surface area contributed by atoms with E-state index in [1.54, 1.807) is 24.3 Å². The van der Waals surface area contributed by atoms with Gasteiger partial charge in [-0.3, -0.25) is 9.59 Å². The third-order valence-electron chi connectivity index (χ3n) is 3.35. The minimum atomic E-state index is -0.949. The first-order valence-electron chi connectivity index (χ1n) is 6.49. The van der Waals surface area contributed by atoms with Gasteiger partial charge in [-0.25, -0.2) is 0 Å². The molecule has 1 aliphatic rings. The summed E-state index contributed by atoms with van der Waals surface area (Å²) in [4.78, 5) is 23.1. The van der Waals surface area contributed by atoms with Crippen molar-refractivity contribution in [3.8, 4) is 0 Å². The van der Waals surface area contributed by atoms with Gasteiger partial charge in [0.05, 0.1) is 12.5 Å². The van der Waals surface area contributed by atoms with Crippen LogP contribution in [0.1, 0.15) is 30.9 Å². The molecule has 4 nitrogen and oxygen atoms in total. The molecule has 106 valence electrons. The SMILES string of the molecule is O=C(O)C[C@H](NC(=O)C1CC=CC1)c1ccc(Cl)cc1. The van der Waals surface area contributed by atoms with Crippen LogP contribution < -0.4 is 5.32 Å². The Morgan fingerprint density at radius 2 is 1.85 bits per heavy atom. The van der Waals surface area contributed by atoms with Gasteiger partial charge in [-0.15, -0.1) is 0 Å². The van der Waals surface area contributed by atoms with Gasteiger partial charge in [0, 0.05) is 10.9 Å². The predicted octanol–water partition coefficient (Wildman–Crippen LogP) is 2.94. The van der Waals surface area contributed by atoms with Crippen LogP contribution in [0.5, 0.6) is 0 Å². The van der Waals surface area contributed by atoms with Crippen LogP contribution in [0.15, 0.2) is 36.4 Å². The Morgan fingerprint density at radius 1 is 1.25 bits per heavy atom. The van der Waals surface area contributed by atoms with Gasteiger partial charge in [0.1, 0.15) is 0 Å². The molecule has 0 saturated heterocycles. The summed E-state index contributed by atoms with van der Waals surface area (Å²) in [5.74, 6) is -1.13. The van der Waals surface area contributed by atoms with Gasteiger partial charge in [0.25, 0.3) is 0 Å². The summed E-state index contributed by atoms with van der Waals surface area (Å²) >= 11 is 5.82. The molecule has 5 heteroatoms. The Hall–Kier alpha value is -1.81. The fourth-order valence-corrected chi connectivity index (χ4v) is 2.37. The molecule has 1 aliphatic carbocycles. The van der Waals surface area contributed by atoms with Crippen molar-refractivity contribution in [3.05, 3.63) is 47.0 Å². The Morgan fingerprint density at radius 3 is 2.40 bits per heavy atom. The third kappa shape index (κ3) is 3.84. The van der Waals surface area contributed by atoms with Gasteiger partial charge in [-0.2, -0.15) is 0 Å². The van der Waals surface area contributed by atoms with Crippen LogP contribution in [0.3, 0.4) is 0 Å². The third-order valence-corrected chi connectivity index (χ3v) is 3.60. The molecule has 0 bridgehead atoms. The molecule has 0 fully saturated rings. The van der Waals surface area contributed by atoms with E-state index in [4.69, 9.17) is 16.7 Å². The molecule has 0 spiro atoms. The number of aliphatic carboxylic acids is 1. The van der Waals surface area contributed by atoms with E-state index in [0.29, 0.717) is 17.9 Å². The number of halogens is 1. The summed E-state index contributed by atoms with van der Waals surface area (Å²) < 4.78 is 0. The maximum atomic E-state index is 12.1. The standard InChI is InChI=1S/C15H16ClNO3/c16-12-7-5-10(6-8-12)13(9-14(18)19)17-15(20)11-3-1-2-4-11/h1-2,5-8,11,13H,3-4,9H2,(H,17,20)(H,18,19)/t13-/m0/s1. The summed E-state index contributed by atoms with van der Waals surface area (Å²) in [6.45, 7) is 0. The van der Waals surface area contributed by atoms with Crippen LogP contribution in [0.4, 0.5) is 0 Å². The van der Waals surface area contributed by atoms with E-state index in [0.717, 1.165) is 5.56 Å². The Kier molecular flexibility index (Phi) is 4.79. The number of carboxylic acid groups (broad SMARTS) is 1. The minimum absolute atomic E-state index is 0.0846. The highest BCUT2D eigenvalue weighted by Crippen LogP contribution is 2.23. The summed E-state index contributed by atoms with van der Waals surface area (Å²) in [5.41, 5.74) is 0.746. The molecule has 20 heavy (non-hydrogen) atoms. The predicted molar refractivity (Wildman–Crippen MR) is 76.5 cm³/mol. The zero-order chi connectivity index (χ0) is 14.5. The van der Waals surface area contributed by atoms with E-state index in [-0.39, 0.29) is 18.2 Å². The number of carbonyl (C=O) groups excluding carboxylic acids is 1. The van der Waals surface area contributed by atoms with Crippen LogP contribution in [-0.4, -0.2) is 17.0 Å². The zero-order valence-corrected chi connectivity index (χ0v) is 11.6. The Bertz CT molecular complexity index is 516. The minimum Gasteiger partial charge on any atom is -0.481 e. The molecule has 0 unspecified atom stereocenters. The largest absolute Gasteiger partial charge is 0.481 e. The summed E-state index contributed by atoms with van der Waals surface area (Å²) in [6, 6.07) is 6.33. The number of carbonyl (C=O) groups is 2. The molecule has 2 N–H and O–H groups in total. The molecular formula is C15H16ClNO3. The lowest BCUT2D eigenvalue weighted by Gasteiger charge is -2.20. The molecule has 0 aromatic heterocycles. The molecule has 0 heterocycles. The monoisotopic (exact) mass is 293 g/mol. The molecule has 0 saturated carbocycles. The number of carboxylic acids is 1. The average molecular weight is 294 g/mol. The van der Waals surface area contributed by atoms with Crippen LogP contribution >= 0.6 is 11.6 Å². The normalized spacial score (nSPS) is 16.1. The topological polar surface area (TPSA) is 66.4 Å². The first kappa shape index (κ1) is 14.6. The highest BCUT2D eigenvalue weighted by atomic mass is 35.5. The van der Waals surface area contributed by atoms with Crippen molar-refractivity contribution in [2.45, 2.75) is 25.3 Å². The van der Waals surface area contributed by atoms with Crippen molar-refractivity contribution >= 4 is 23.5 Å². The van der Waals surface area contributed by atoms with Gasteiger partial charge in [0.2, 0.25) is 5.91 Å². The molecule has 0 radical (unpaired) electrons. The van der Waals surface area contributed by atoms with E-state index in [9.17, 15) is 9.59 Å². The van der Waals surface area contributed by atoms with Crippen LogP contribution in [-0.2, 0) is 9.59 Å². The van der Waals surface area contributed by atoms with E-state index in [1.807, 2.05) is 12.2 Å². The van der Waals surface area contributed by atoms with Crippen molar-refractivity contribution in [2.24, 2.45) is 5.92 Å². The maximum absolute atomic E-state index is 12.1. The van der Waals surface area contributed by atoms with Crippen molar-refractivity contribution in [1.82, 2.24) is 5.32 Å². The van der Waals surface area contributed by atoms with Gasteiger partial charge in [-0.05, 0) is 30.5 Å². The molecule has 1 aromatic rings. The van der Waals surface area contributed by atoms with Gasteiger partial charge >= 0.3 is 5.97 Å². The Balaban J connectivity index is 2.08. The first-order valence-corrected chi connectivity index (χ1v) is 6.86. The molecule has 1 atom stereocenters. The number of hydrogen-bond donors (Lipinski definition) is 2. The van der Waals surface area contributed by atoms with E-state index in [1.165, 1.54) is 0 Å². The highest BCUT2D eigenvalue weighted by molar-refractivity contribution is 6.30. The smallest absolute Gasteiger partial charge is 0.305 e. The summed E-state index contributed by atoms with van der Waals surface area (Å²) in [5, 5.41) is 12.4. The number of amides is 1. The highest BCUT2D eigenvalue weighted by Gasteiger charge is 2.24. The van der Waals surface area contributed by atoms with Crippen molar-refractivity contribution in [3.63, 3.8) is 0 Å². The van der Waals surface area contributed by atoms with E-state index < -0.39 is 12.0 Å². The maximum Gasteiger partial charge on any atom is 0.305 e. The molecular weight excluding hydrogens is 278 g/mol. The second kappa shape index (κ2) is 6.57. The lowest BCUT2D eigenvalue weighted by molar-refractivity contribution is -0.137. The quantitative estimate of drug-likeness (QED) is 0.820. The molecule has 0 aliphatic heterocycles. The van der Waals surface area contributed by atoms with Crippen molar-refractivity contribution in [1.29, 1.82) is 0 Å². The van der Waals surface area contributed by atoms with Crippen LogP contribution in [0, 0.1) is 5.92 Å². The number of benzene rings is 1. The van der Waals surface area contributed by atoms with Crippen LogP contribution in [0.25, 0.3) is 0 Å². The molecule has 2 rings (SSSR count). The van der Waals surface area contributed by atoms with E-state index >= 15 is 0 Å². The second-order valence-corrected chi connectivity index (χ2v) is 5.29. The first-order chi connectivity index (χ1) is 9.56. The fourth-order valence-electron chi connectivity index (χ4n) is 2.24.